The Balaban J connectivity index is 1.94. The van der Waals surface area contributed by atoms with Crippen molar-refractivity contribution in [3.05, 3.63) is 11.1 Å². The number of nitrogens with zero attached hydrogens (tertiary/aromatic N) is 1. The van der Waals surface area contributed by atoms with Gasteiger partial charge in [-0.15, -0.1) is 11.3 Å². The monoisotopic (exact) mass is 218 g/mol. The summed E-state index contributed by atoms with van der Waals surface area (Å²) >= 11 is 1.51. The van der Waals surface area contributed by atoms with Gasteiger partial charge in [-0.25, -0.2) is 13.4 Å². The standard InChI is InChI=1S/C7H10N2O2S2/c1-5-2-12-7(8-5)9-6-3-13(10,11)4-6/h2,6H,3-4H2,1H3,(H,8,9). The normalized spacial score (nSPS) is 21.0. The number of rotatable bonds is 2. The highest BCUT2D eigenvalue weighted by molar-refractivity contribution is 7.92. The molecule has 2 rings (SSSR count). The number of nitrogens with one attached hydrogen (secondary N) is 1. The van der Waals surface area contributed by atoms with Crippen LogP contribution in [0.1, 0.15) is 5.69 Å². The minimum Gasteiger partial charge on any atom is -0.357 e. The van der Waals surface area contributed by atoms with Crippen LogP contribution in [0.15, 0.2) is 5.38 Å². The quantitative estimate of drug-likeness (QED) is 0.792. The van der Waals surface area contributed by atoms with E-state index in [0.717, 1.165) is 10.8 Å². The summed E-state index contributed by atoms with van der Waals surface area (Å²) in [6.07, 6.45) is 0. The minimum absolute atomic E-state index is 0.0653. The Hall–Kier alpha value is -0.620. The zero-order chi connectivity index (χ0) is 9.47. The van der Waals surface area contributed by atoms with Gasteiger partial charge in [0.15, 0.2) is 15.0 Å². The van der Waals surface area contributed by atoms with Crippen molar-refractivity contribution in [3.8, 4) is 0 Å². The molecule has 0 bridgehead atoms. The van der Waals surface area contributed by atoms with Crippen LogP contribution in [-0.4, -0.2) is 30.9 Å². The fraction of sp³-hybridized carbons (Fsp3) is 0.571. The number of aryl methyl sites for hydroxylation is 1. The Labute approximate surface area is 80.9 Å². The largest absolute Gasteiger partial charge is 0.357 e. The maximum atomic E-state index is 10.8. The maximum Gasteiger partial charge on any atom is 0.183 e. The van der Waals surface area contributed by atoms with Crippen molar-refractivity contribution in [2.75, 3.05) is 16.8 Å². The molecule has 1 saturated heterocycles. The van der Waals surface area contributed by atoms with E-state index >= 15 is 0 Å². The Morgan fingerprint density at radius 3 is 2.77 bits per heavy atom. The molecule has 0 aromatic carbocycles. The van der Waals surface area contributed by atoms with Gasteiger partial charge in [-0.3, -0.25) is 0 Å². The van der Waals surface area contributed by atoms with Gasteiger partial charge in [0.25, 0.3) is 0 Å². The second-order valence-corrected chi connectivity index (χ2v) is 6.22. The topological polar surface area (TPSA) is 59.1 Å². The van der Waals surface area contributed by atoms with E-state index in [0.29, 0.717) is 0 Å². The average molecular weight is 218 g/mol. The highest BCUT2D eigenvalue weighted by atomic mass is 32.2. The van der Waals surface area contributed by atoms with Crippen LogP contribution in [0.5, 0.6) is 0 Å². The van der Waals surface area contributed by atoms with Gasteiger partial charge in [-0.2, -0.15) is 0 Å². The maximum absolute atomic E-state index is 10.8. The van der Waals surface area contributed by atoms with E-state index in [9.17, 15) is 8.42 Å². The van der Waals surface area contributed by atoms with Crippen molar-refractivity contribution in [1.82, 2.24) is 4.98 Å². The van der Waals surface area contributed by atoms with E-state index in [1.165, 1.54) is 11.3 Å². The molecule has 1 aliphatic heterocycles. The molecule has 0 unspecified atom stereocenters. The minimum atomic E-state index is -2.73. The van der Waals surface area contributed by atoms with E-state index in [4.69, 9.17) is 0 Å². The second kappa shape index (κ2) is 2.95. The first-order chi connectivity index (χ1) is 6.05. The lowest BCUT2D eigenvalue weighted by Crippen LogP contribution is -2.46. The highest BCUT2D eigenvalue weighted by Crippen LogP contribution is 2.20. The number of hydrogen-bond acceptors (Lipinski definition) is 5. The number of sulfone groups is 1. The number of thiazole rings is 1. The van der Waals surface area contributed by atoms with Crippen LogP contribution in [0.4, 0.5) is 5.13 Å². The molecule has 0 spiro atoms. The van der Waals surface area contributed by atoms with E-state index in [-0.39, 0.29) is 17.5 Å². The van der Waals surface area contributed by atoms with Crippen LogP contribution in [0.25, 0.3) is 0 Å². The molecule has 0 atom stereocenters. The Bertz CT molecular complexity index is 398. The number of anilines is 1. The van der Waals surface area contributed by atoms with E-state index < -0.39 is 9.84 Å². The first-order valence-corrected chi connectivity index (χ1v) is 6.64. The summed E-state index contributed by atoms with van der Waals surface area (Å²) in [6, 6.07) is 0.0653. The number of aromatic nitrogens is 1. The van der Waals surface area contributed by atoms with Crippen molar-refractivity contribution in [3.63, 3.8) is 0 Å². The molecule has 6 heteroatoms. The molecule has 1 fully saturated rings. The summed E-state index contributed by atoms with van der Waals surface area (Å²) in [4.78, 5) is 4.19. The summed E-state index contributed by atoms with van der Waals surface area (Å²) in [5.41, 5.74) is 0.967. The summed E-state index contributed by atoms with van der Waals surface area (Å²) in [5.74, 6) is 0.483. The first kappa shape index (κ1) is 8.96. The smallest absolute Gasteiger partial charge is 0.183 e. The molecule has 0 aliphatic carbocycles. The summed E-state index contributed by atoms with van der Waals surface area (Å²) < 4.78 is 21.7. The van der Waals surface area contributed by atoms with E-state index in [2.05, 4.69) is 10.3 Å². The molecule has 0 radical (unpaired) electrons. The molecular formula is C7H10N2O2S2. The van der Waals surface area contributed by atoms with Crippen LogP contribution in [0.3, 0.4) is 0 Å². The van der Waals surface area contributed by atoms with Gasteiger partial charge in [0.05, 0.1) is 23.2 Å². The molecular weight excluding hydrogens is 208 g/mol. The Morgan fingerprint density at radius 2 is 2.31 bits per heavy atom. The SMILES string of the molecule is Cc1csc(NC2CS(=O)(=O)C2)n1. The zero-order valence-corrected chi connectivity index (χ0v) is 8.78. The van der Waals surface area contributed by atoms with Crippen molar-refractivity contribution < 1.29 is 8.42 Å². The molecule has 1 aromatic rings. The van der Waals surface area contributed by atoms with Crippen LogP contribution < -0.4 is 5.32 Å². The molecule has 0 amide bonds. The van der Waals surface area contributed by atoms with Crippen LogP contribution in [-0.2, 0) is 9.84 Å². The van der Waals surface area contributed by atoms with Crippen molar-refractivity contribution in [2.45, 2.75) is 13.0 Å². The Morgan fingerprint density at radius 1 is 1.62 bits per heavy atom. The molecule has 4 nitrogen and oxygen atoms in total. The van der Waals surface area contributed by atoms with E-state index in [1.54, 1.807) is 0 Å². The molecule has 2 heterocycles. The lowest BCUT2D eigenvalue weighted by Gasteiger charge is -2.26. The Kier molecular flexibility index (Phi) is 2.03. The third-order valence-corrected chi connectivity index (χ3v) is 4.57. The van der Waals surface area contributed by atoms with Crippen molar-refractivity contribution in [1.29, 1.82) is 0 Å². The predicted molar refractivity (Wildman–Crippen MR) is 52.9 cm³/mol. The molecule has 0 saturated carbocycles. The summed E-state index contributed by atoms with van der Waals surface area (Å²) in [6.45, 7) is 1.92. The predicted octanol–water partition coefficient (Wildman–Crippen LogP) is 0.660. The molecule has 1 N–H and O–H groups in total. The van der Waals surface area contributed by atoms with Gasteiger partial charge in [0, 0.05) is 5.38 Å². The van der Waals surface area contributed by atoms with Gasteiger partial charge >= 0.3 is 0 Å². The molecule has 13 heavy (non-hydrogen) atoms. The molecule has 72 valence electrons. The fourth-order valence-electron chi connectivity index (χ4n) is 1.24. The van der Waals surface area contributed by atoms with E-state index in [1.807, 2.05) is 12.3 Å². The molecule has 1 aliphatic rings. The summed E-state index contributed by atoms with van der Waals surface area (Å²) in [5, 5.41) is 5.84. The third kappa shape index (κ3) is 2.00. The van der Waals surface area contributed by atoms with Crippen molar-refractivity contribution >= 4 is 26.3 Å². The van der Waals surface area contributed by atoms with Crippen LogP contribution in [0.2, 0.25) is 0 Å². The van der Waals surface area contributed by atoms with Gasteiger partial charge in [-0.05, 0) is 6.92 Å². The van der Waals surface area contributed by atoms with Crippen LogP contribution >= 0.6 is 11.3 Å². The highest BCUT2D eigenvalue weighted by Gasteiger charge is 2.33. The van der Waals surface area contributed by atoms with Gasteiger partial charge in [0.2, 0.25) is 0 Å². The van der Waals surface area contributed by atoms with Gasteiger partial charge in [0.1, 0.15) is 0 Å². The second-order valence-electron chi connectivity index (χ2n) is 3.21. The van der Waals surface area contributed by atoms with Crippen molar-refractivity contribution in [2.24, 2.45) is 0 Å². The third-order valence-electron chi connectivity index (χ3n) is 1.86. The molecule has 1 aromatic heterocycles. The average Bonchev–Trinajstić information content (AvgIpc) is 2.31. The number of hydrogen-bond donors (Lipinski definition) is 1. The van der Waals surface area contributed by atoms with Crippen LogP contribution in [0, 0.1) is 6.92 Å². The zero-order valence-electron chi connectivity index (χ0n) is 7.15. The lowest BCUT2D eigenvalue weighted by atomic mass is 10.4. The fourth-order valence-corrected chi connectivity index (χ4v) is 3.30. The lowest BCUT2D eigenvalue weighted by molar-refractivity contribution is 0.570. The summed E-state index contributed by atoms with van der Waals surface area (Å²) in [7, 11) is -2.73. The first-order valence-electron chi connectivity index (χ1n) is 3.94. The van der Waals surface area contributed by atoms with Gasteiger partial charge in [-0.1, -0.05) is 0 Å². The van der Waals surface area contributed by atoms with Gasteiger partial charge < -0.3 is 5.32 Å².